The molecule has 1 amide bonds. The molecule has 0 bridgehead atoms. The molecular weight excluding hydrogens is 485 g/mol. The predicted molar refractivity (Wildman–Crippen MR) is 130 cm³/mol. The molecule has 1 unspecified atom stereocenters. The molecule has 0 saturated carbocycles. The summed E-state index contributed by atoms with van der Waals surface area (Å²) in [6.45, 7) is 6.99. The average Bonchev–Trinajstić information content (AvgIpc) is 3.15. The lowest BCUT2D eigenvalue weighted by molar-refractivity contribution is -0.187. The number of amides is 1. The number of thiophene rings is 1. The van der Waals surface area contributed by atoms with E-state index in [1.807, 2.05) is 25.1 Å². The Balaban J connectivity index is 2.07. The molecule has 2 aromatic rings. The Kier molecular flexibility index (Phi) is 8.45. The minimum Gasteiger partial charge on any atom is -0.460 e. The number of esters is 1. The summed E-state index contributed by atoms with van der Waals surface area (Å²) in [6.07, 6.45) is -1.39. The zero-order valence-electron chi connectivity index (χ0n) is 19.1. The molecule has 1 aromatic carbocycles. The Morgan fingerprint density at radius 3 is 2.55 bits per heavy atom. The number of hydrogen-bond donors (Lipinski definition) is 1. The van der Waals surface area contributed by atoms with Gasteiger partial charge in [0.25, 0.3) is 5.91 Å². The molecule has 1 N–H and O–H groups in total. The molecule has 1 fully saturated rings. The van der Waals surface area contributed by atoms with Gasteiger partial charge in [0.2, 0.25) is 0 Å². The summed E-state index contributed by atoms with van der Waals surface area (Å²) in [5.74, 6) is -0.894. The van der Waals surface area contributed by atoms with Crippen LogP contribution in [0.15, 0.2) is 36.4 Å². The normalized spacial score (nSPS) is 22.3. The second-order valence-electron chi connectivity index (χ2n) is 8.97. The van der Waals surface area contributed by atoms with Gasteiger partial charge in [-0.1, -0.05) is 42.3 Å². The zero-order chi connectivity index (χ0) is 24.3. The highest BCUT2D eigenvalue weighted by atomic mass is 35.5. The Labute approximate surface area is 208 Å². The van der Waals surface area contributed by atoms with E-state index in [2.05, 4.69) is 0 Å². The topological polar surface area (TPSA) is 76.1 Å². The van der Waals surface area contributed by atoms with E-state index in [1.54, 1.807) is 43.9 Å². The molecule has 3 rings (SSSR count). The first-order valence-electron chi connectivity index (χ1n) is 10.8. The SMILES string of the molecule is CCC(CO)N1C(=O)[C@H](CC(=O)OC(C)(C)C)O[C@H](c2cccc(Cl)c2)[C@H]1c1ccc(Cl)s1. The van der Waals surface area contributed by atoms with Gasteiger partial charge in [0.1, 0.15) is 17.8 Å². The summed E-state index contributed by atoms with van der Waals surface area (Å²) >= 11 is 13.8. The number of morpholine rings is 1. The molecule has 1 aliphatic heterocycles. The van der Waals surface area contributed by atoms with Crippen LogP contribution >= 0.6 is 34.5 Å². The molecule has 180 valence electrons. The molecular formula is C24H29Cl2NO5S. The van der Waals surface area contributed by atoms with Crippen molar-refractivity contribution in [2.45, 2.75) is 70.4 Å². The van der Waals surface area contributed by atoms with Gasteiger partial charge < -0.3 is 19.5 Å². The van der Waals surface area contributed by atoms with Crippen LogP contribution in [0, 0.1) is 0 Å². The van der Waals surface area contributed by atoms with Crippen LogP contribution < -0.4 is 0 Å². The first-order valence-corrected chi connectivity index (χ1v) is 12.4. The zero-order valence-corrected chi connectivity index (χ0v) is 21.4. The Hall–Kier alpha value is -1.64. The lowest BCUT2D eigenvalue weighted by Gasteiger charge is -2.47. The highest BCUT2D eigenvalue weighted by molar-refractivity contribution is 7.16. The number of nitrogens with zero attached hydrogens (tertiary/aromatic N) is 1. The quantitative estimate of drug-likeness (QED) is 0.489. The van der Waals surface area contributed by atoms with Crippen LogP contribution in [-0.2, 0) is 19.1 Å². The van der Waals surface area contributed by atoms with Gasteiger partial charge in [-0.05, 0) is 57.0 Å². The number of benzene rings is 1. The number of ether oxygens (including phenoxy) is 2. The highest BCUT2D eigenvalue weighted by Crippen LogP contribution is 2.46. The standard InChI is InChI=1S/C24H29Cl2NO5S/c1-5-16(13-28)27-21(18-9-10-19(26)33-18)22(14-7-6-8-15(25)11-14)31-17(23(27)30)12-20(29)32-24(2,3)4/h6-11,16-17,21-22,28H,5,12-13H2,1-4H3/t16?,17-,21+,22+/m0/s1. The summed E-state index contributed by atoms with van der Waals surface area (Å²) in [5.41, 5.74) is 0.0743. The molecule has 9 heteroatoms. The lowest BCUT2D eigenvalue weighted by atomic mass is 9.93. The Morgan fingerprint density at radius 2 is 2.00 bits per heavy atom. The summed E-state index contributed by atoms with van der Waals surface area (Å²) in [4.78, 5) is 28.7. The molecule has 4 atom stereocenters. The number of hydrogen-bond acceptors (Lipinski definition) is 6. The van der Waals surface area contributed by atoms with Crippen molar-refractivity contribution in [1.82, 2.24) is 4.90 Å². The van der Waals surface area contributed by atoms with E-state index in [-0.39, 0.29) is 18.9 Å². The van der Waals surface area contributed by atoms with Gasteiger partial charge in [0, 0.05) is 9.90 Å². The number of aliphatic hydroxyl groups excluding tert-OH is 1. The monoisotopic (exact) mass is 513 g/mol. The molecule has 0 spiro atoms. The van der Waals surface area contributed by atoms with Crippen LogP contribution in [0.4, 0.5) is 0 Å². The van der Waals surface area contributed by atoms with E-state index in [1.165, 1.54) is 11.3 Å². The number of halogens is 2. The van der Waals surface area contributed by atoms with Crippen molar-refractivity contribution < 1.29 is 24.2 Å². The number of rotatable bonds is 7. The average molecular weight is 514 g/mol. The molecule has 0 radical (unpaired) electrons. The van der Waals surface area contributed by atoms with Gasteiger partial charge in [0.05, 0.1) is 29.4 Å². The van der Waals surface area contributed by atoms with E-state index in [0.29, 0.717) is 15.8 Å². The number of aliphatic hydroxyl groups is 1. The number of carbonyl (C=O) groups is 2. The van der Waals surface area contributed by atoms with Crippen molar-refractivity contribution in [2.75, 3.05) is 6.61 Å². The van der Waals surface area contributed by atoms with E-state index < -0.39 is 35.9 Å². The fourth-order valence-corrected chi connectivity index (χ4v) is 5.35. The van der Waals surface area contributed by atoms with Gasteiger partial charge >= 0.3 is 5.97 Å². The van der Waals surface area contributed by atoms with Crippen LogP contribution in [0.3, 0.4) is 0 Å². The summed E-state index contributed by atoms with van der Waals surface area (Å²) in [6, 6.07) is 9.85. The first kappa shape index (κ1) is 26.0. The predicted octanol–water partition coefficient (Wildman–Crippen LogP) is 5.57. The van der Waals surface area contributed by atoms with Crippen LogP contribution in [0.1, 0.15) is 63.1 Å². The molecule has 33 heavy (non-hydrogen) atoms. The van der Waals surface area contributed by atoms with Crippen LogP contribution in [0.25, 0.3) is 0 Å². The van der Waals surface area contributed by atoms with Crippen LogP contribution in [0.2, 0.25) is 9.36 Å². The van der Waals surface area contributed by atoms with Crippen molar-refractivity contribution in [1.29, 1.82) is 0 Å². The Bertz CT molecular complexity index is 985. The lowest BCUT2D eigenvalue weighted by Crippen LogP contribution is -2.56. The third-order valence-electron chi connectivity index (χ3n) is 5.34. The van der Waals surface area contributed by atoms with E-state index in [0.717, 1.165) is 10.4 Å². The molecule has 2 heterocycles. The van der Waals surface area contributed by atoms with Gasteiger partial charge in [-0.15, -0.1) is 11.3 Å². The first-order chi connectivity index (χ1) is 15.5. The van der Waals surface area contributed by atoms with Crippen molar-refractivity contribution in [3.05, 3.63) is 56.2 Å². The molecule has 1 aromatic heterocycles. The highest BCUT2D eigenvalue weighted by Gasteiger charge is 2.47. The van der Waals surface area contributed by atoms with Gasteiger partial charge in [-0.25, -0.2) is 0 Å². The van der Waals surface area contributed by atoms with Gasteiger partial charge in [0.15, 0.2) is 0 Å². The minimum absolute atomic E-state index is 0.223. The summed E-state index contributed by atoms with van der Waals surface area (Å²) in [5, 5.41) is 10.6. The van der Waals surface area contributed by atoms with Crippen LogP contribution in [0.5, 0.6) is 0 Å². The van der Waals surface area contributed by atoms with E-state index >= 15 is 0 Å². The maximum absolute atomic E-state index is 13.6. The van der Waals surface area contributed by atoms with Crippen molar-refractivity contribution in [3.8, 4) is 0 Å². The Morgan fingerprint density at radius 1 is 1.27 bits per heavy atom. The van der Waals surface area contributed by atoms with E-state index in [4.69, 9.17) is 32.7 Å². The maximum atomic E-state index is 13.6. The summed E-state index contributed by atoms with van der Waals surface area (Å²) in [7, 11) is 0. The molecule has 1 saturated heterocycles. The van der Waals surface area contributed by atoms with Crippen molar-refractivity contribution in [2.24, 2.45) is 0 Å². The van der Waals surface area contributed by atoms with Crippen LogP contribution in [-0.4, -0.2) is 46.2 Å². The maximum Gasteiger partial charge on any atom is 0.309 e. The molecule has 6 nitrogen and oxygen atoms in total. The molecule has 0 aliphatic carbocycles. The second-order valence-corrected chi connectivity index (χ2v) is 11.2. The fourth-order valence-electron chi connectivity index (χ4n) is 3.97. The number of carbonyl (C=O) groups excluding carboxylic acids is 2. The van der Waals surface area contributed by atoms with E-state index in [9.17, 15) is 14.7 Å². The van der Waals surface area contributed by atoms with Crippen molar-refractivity contribution >= 4 is 46.4 Å². The second kappa shape index (κ2) is 10.7. The summed E-state index contributed by atoms with van der Waals surface area (Å²) < 4.78 is 12.3. The van der Waals surface area contributed by atoms with Crippen molar-refractivity contribution in [3.63, 3.8) is 0 Å². The third kappa shape index (κ3) is 6.28. The van der Waals surface area contributed by atoms with Gasteiger partial charge in [-0.3, -0.25) is 9.59 Å². The fraction of sp³-hybridized carbons (Fsp3) is 0.500. The third-order valence-corrected chi connectivity index (χ3v) is 6.87. The smallest absolute Gasteiger partial charge is 0.309 e. The molecule has 1 aliphatic rings. The van der Waals surface area contributed by atoms with Gasteiger partial charge in [-0.2, -0.15) is 0 Å². The minimum atomic E-state index is -1.06. The largest absolute Gasteiger partial charge is 0.460 e.